The first-order valence-corrected chi connectivity index (χ1v) is 16.1. The second-order valence-electron chi connectivity index (χ2n) is 12.8. The van der Waals surface area contributed by atoms with Crippen molar-refractivity contribution in [3.8, 4) is 0 Å². The van der Waals surface area contributed by atoms with Crippen molar-refractivity contribution in [1.29, 1.82) is 0 Å². The highest BCUT2D eigenvalue weighted by atomic mass is 15.1. The average Bonchev–Trinajstić information content (AvgIpc) is 2.77. The van der Waals surface area contributed by atoms with Crippen LogP contribution in [0.4, 0.5) is 0 Å². The Morgan fingerprint density at radius 3 is 0.735 bits per heavy atom. The zero-order chi connectivity index (χ0) is 25.3. The molecule has 0 amide bonds. The van der Waals surface area contributed by atoms with Gasteiger partial charge in [-0.3, -0.25) is 0 Å². The van der Waals surface area contributed by atoms with E-state index in [4.69, 9.17) is 0 Å². The molecule has 1 nitrogen and oxygen atoms in total. The molecule has 34 heavy (non-hydrogen) atoms. The molecular formula is C33H69N. The maximum Gasteiger partial charge on any atom is -0.00187 e. The van der Waals surface area contributed by atoms with Crippen LogP contribution >= 0.6 is 0 Å². The summed E-state index contributed by atoms with van der Waals surface area (Å²) in [6, 6.07) is 0. The largest absolute Gasteiger partial charge is 0.303 e. The minimum atomic E-state index is 0.883. The minimum Gasteiger partial charge on any atom is -0.303 e. The Hall–Kier alpha value is -0.0400. The zero-order valence-corrected chi connectivity index (χ0v) is 25.1. The normalized spacial score (nSPS) is 12.2. The van der Waals surface area contributed by atoms with Gasteiger partial charge in [-0.25, -0.2) is 0 Å². The Kier molecular flexibility index (Phi) is 26.0. The second-order valence-corrected chi connectivity index (χ2v) is 12.8. The monoisotopic (exact) mass is 480 g/mol. The van der Waals surface area contributed by atoms with E-state index in [1.165, 1.54) is 154 Å². The van der Waals surface area contributed by atoms with Gasteiger partial charge in [0.05, 0.1) is 0 Å². The first-order chi connectivity index (χ1) is 16.4. The molecule has 0 N–H and O–H groups in total. The molecule has 0 fully saturated rings. The van der Waals surface area contributed by atoms with Crippen LogP contribution < -0.4 is 0 Å². The molecule has 0 radical (unpaired) electrons. The number of rotatable bonds is 27. The summed E-state index contributed by atoms with van der Waals surface area (Å²) >= 11 is 0. The van der Waals surface area contributed by atoms with Crippen LogP contribution in [0.3, 0.4) is 0 Å². The van der Waals surface area contributed by atoms with Crippen LogP contribution in [-0.4, -0.2) is 24.5 Å². The van der Waals surface area contributed by atoms with E-state index in [1.807, 2.05) is 0 Å². The number of hydrogen-bond donors (Lipinski definition) is 0. The van der Waals surface area contributed by atoms with Crippen molar-refractivity contribution < 1.29 is 0 Å². The summed E-state index contributed by atoms with van der Waals surface area (Å²) in [5.41, 5.74) is 0. The van der Waals surface area contributed by atoms with Crippen molar-refractivity contribution in [1.82, 2.24) is 4.90 Å². The SMILES string of the molecule is CC(C)CCCCCCCCN(CCCCCCCCC(C)C)CCCCCCCCC(C)C. The van der Waals surface area contributed by atoms with Gasteiger partial charge in [-0.1, -0.05) is 157 Å². The summed E-state index contributed by atoms with van der Waals surface area (Å²) in [4.78, 5) is 2.83. The second kappa shape index (κ2) is 26.0. The molecule has 206 valence electrons. The lowest BCUT2D eigenvalue weighted by Gasteiger charge is -2.22. The summed E-state index contributed by atoms with van der Waals surface area (Å²) in [6.07, 6.45) is 30.3. The van der Waals surface area contributed by atoms with Crippen molar-refractivity contribution in [3.05, 3.63) is 0 Å². The van der Waals surface area contributed by atoms with E-state index in [2.05, 4.69) is 46.4 Å². The van der Waals surface area contributed by atoms with Crippen LogP contribution in [0, 0.1) is 17.8 Å². The van der Waals surface area contributed by atoms with Crippen molar-refractivity contribution in [2.45, 2.75) is 176 Å². The van der Waals surface area contributed by atoms with E-state index >= 15 is 0 Å². The van der Waals surface area contributed by atoms with Crippen LogP contribution in [0.5, 0.6) is 0 Å². The first kappa shape index (κ1) is 34.0. The van der Waals surface area contributed by atoms with E-state index in [1.54, 1.807) is 0 Å². The molecule has 1 heteroatoms. The maximum atomic E-state index is 2.83. The van der Waals surface area contributed by atoms with Gasteiger partial charge in [-0.2, -0.15) is 0 Å². The fraction of sp³-hybridized carbons (Fsp3) is 1.00. The maximum absolute atomic E-state index is 2.83. The van der Waals surface area contributed by atoms with E-state index in [0.29, 0.717) is 0 Å². The van der Waals surface area contributed by atoms with E-state index in [0.717, 1.165) is 17.8 Å². The fourth-order valence-electron chi connectivity index (χ4n) is 5.12. The van der Waals surface area contributed by atoms with Crippen molar-refractivity contribution in [2.24, 2.45) is 17.8 Å². The van der Waals surface area contributed by atoms with Gasteiger partial charge in [-0.15, -0.1) is 0 Å². The number of unbranched alkanes of at least 4 members (excludes halogenated alkanes) is 15. The Morgan fingerprint density at radius 2 is 0.500 bits per heavy atom. The summed E-state index contributed by atoms with van der Waals surface area (Å²) in [5, 5.41) is 0. The molecule has 0 atom stereocenters. The molecule has 0 rings (SSSR count). The fourth-order valence-corrected chi connectivity index (χ4v) is 5.12. The Labute approximate surface area is 218 Å². The van der Waals surface area contributed by atoms with Gasteiger partial charge in [0.25, 0.3) is 0 Å². The Bertz CT molecular complexity index is 316. The molecule has 0 aliphatic carbocycles. The van der Waals surface area contributed by atoms with Gasteiger partial charge < -0.3 is 4.90 Å². The molecule has 0 aliphatic heterocycles. The van der Waals surface area contributed by atoms with Crippen molar-refractivity contribution >= 4 is 0 Å². The zero-order valence-electron chi connectivity index (χ0n) is 25.1. The summed E-state index contributed by atoms with van der Waals surface area (Å²) in [6.45, 7) is 18.2. The minimum absolute atomic E-state index is 0.883. The predicted molar refractivity (Wildman–Crippen MR) is 158 cm³/mol. The Morgan fingerprint density at radius 1 is 0.294 bits per heavy atom. The molecule has 0 aromatic rings. The van der Waals surface area contributed by atoms with Gasteiger partial charge in [0.1, 0.15) is 0 Å². The highest BCUT2D eigenvalue weighted by Gasteiger charge is 2.05. The molecule has 0 aliphatic rings. The van der Waals surface area contributed by atoms with Crippen LogP contribution in [0.15, 0.2) is 0 Å². The summed E-state index contributed by atoms with van der Waals surface area (Å²) in [5.74, 6) is 2.65. The van der Waals surface area contributed by atoms with Crippen LogP contribution in [0.1, 0.15) is 176 Å². The van der Waals surface area contributed by atoms with Gasteiger partial charge in [0.15, 0.2) is 0 Å². The third-order valence-corrected chi connectivity index (χ3v) is 7.52. The number of hydrogen-bond acceptors (Lipinski definition) is 1. The van der Waals surface area contributed by atoms with Crippen molar-refractivity contribution in [3.63, 3.8) is 0 Å². The molecular weight excluding hydrogens is 410 g/mol. The quantitative estimate of drug-likeness (QED) is 0.106. The molecule has 0 unspecified atom stereocenters. The molecule has 0 spiro atoms. The predicted octanol–water partition coefficient (Wildman–Crippen LogP) is 11.4. The molecule has 0 heterocycles. The standard InChI is InChI=1S/C33H69N/c1-31(2)25-19-13-7-10-16-22-28-34(29-23-17-11-8-14-20-26-32(3)4)30-24-18-12-9-15-21-27-33(5)6/h31-33H,7-30H2,1-6H3. The van der Waals surface area contributed by atoms with Gasteiger partial charge in [-0.05, 0) is 56.7 Å². The van der Waals surface area contributed by atoms with Crippen molar-refractivity contribution in [2.75, 3.05) is 19.6 Å². The lowest BCUT2D eigenvalue weighted by Crippen LogP contribution is -2.27. The topological polar surface area (TPSA) is 3.24 Å². The van der Waals surface area contributed by atoms with E-state index < -0.39 is 0 Å². The van der Waals surface area contributed by atoms with Crippen LogP contribution in [0.25, 0.3) is 0 Å². The molecule has 0 aromatic carbocycles. The number of nitrogens with zero attached hydrogens (tertiary/aromatic N) is 1. The van der Waals surface area contributed by atoms with E-state index in [-0.39, 0.29) is 0 Å². The molecule has 0 saturated carbocycles. The Balaban J connectivity index is 3.91. The summed E-state index contributed by atoms with van der Waals surface area (Å²) in [7, 11) is 0. The third-order valence-electron chi connectivity index (χ3n) is 7.52. The van der Waals surface area contributed by atoms with Gasteiger partial charge in [0, 0.05) is 0 Å². The van der Waals surface area contributed by atoms with Gasteiger partial charge >= 0.3 is 0 Å². The molecule has 0 saturated heterocycles. The third kappa shape index (κ3) is 28.2. The van der Waals surface area contributed by atoms with Gasteiger partial charge in [0.2, 0.25) is 0 Å². The lowest BCUT2D eigenvalue weighted by atomic mass is 10.0. The summed E-state index contributed by atoms with van der Waals surface area (Å²) < 4.78 is 0. The van der Waals surface area contributed by atoms with Crippen LogP contribution in [-0.2, 0) is 0 Å². The highest BCUT2D eigenvalue weighted by Crippen LogP contribution is 2.15. The van der Waals surface area contributed by atoms with E-state index in [9.17, 15) is 0 Å². The first-order valence-electron chi connectivity index (χ1n) is 16.1. The lowest BCUT2D eigenvalue weighted by molar-refractivity contribution is 0.254. The smallest absolute Gasteiger partial charge is 0.00187 e. The average molecular weight is 480 g/mol. The highest BCUT2D eigenvalue weighted by molar-refractivity contribution is 4.61. The molecule has 0 bridgehead atoms. The van der Waals surface area contributed by atoms with Crippen LogP contribution in [0.2, 0.25) is 0 Å². The molecule has 0 aromatic heterocycles.